The van der Waals surface area contributed by atoms with Crippen molar-refractivity contribution in [1.29, 1.82) is 0 Å². The number of carbonyl (C=O) groups excluding carboxylic acids is 2. The quantitative estimate of drug-likeness (QED) is 0.629. The Kier molecular flexibility index (Phi) is 7.31. The van der Waals surface area contributed by atoms with Crippen molar-refractivity contribution in [2.45, 2.75) is 32.1 Å². The number of aryl methyl sites for hydroxylation is 2. The van der Waals surface area contributed by atoms with E-state index < -0.39 is 10.0 Å². The van der Waals surface area contributed by atoms with Crippen molar-refractivity contribution in [3.05, 3.63) is 59.2 Å². The molecule has 2 amide bonds. The van der Waals surface area contributed by atoms with Gasteiger partial charge in [0.1, 0.15) is 0 Å². The maximum atomic E-state index is 12.4. The van der Waals surface area contributed by atoms with Gasteiger partial charge in [0, 0.05) is 30.8 Å². The van der Waals surface area contributed by atoms with Gasteiger partial charge < -0.3 is 10.6 Å². The predicted octanol–water partition coefficient (Wildman–Crippen LogP) is 2.36. The summed E-state index contributed by atoms with van der Waals surface area (Å²) in [4.78, 5) is 24.0. The highest BCUT2D eigenvalue weighted by atomic mass is 32.2. The fourth-order valence-corrected chi connectivity index (χ4v) is 3.92. The van der Waals surface area contributed by atoms with Gasteiger partial charge in [-0.15, -0.1) is 0 Å². The lowest BCUT2D eigenvalue weighted by molar-refractivity contribution is -0.116. The van der Waals surface area contributed by atoms with Gasteiger partial charge in [-0.05, 0) is 62.2 Å². The second kappa shape index (κ2) is 9.48. The molecule has 3 N–H and O–H groups in total. The van der Waals surface area contributed by atoms with Crippen LogP contribution in [0.4, 0.5) is 5.69 Å². The fourth-order valence-electron chi connectivity index (χ4n) is 2.56. The van der Waals surface area contributed by atoms with Gasteiger partial charge in [-0.3, -0.25) is 9.59 Å². The van der Waals surface area contributed by atoms with E-state index in [9.17, 15) is 18.0 Å². The highest BCUT2D eigenvalue weighted by molar-refractivity contribution is 7.89. The smallest absolute Gasteiger partial charge is 0.251 e. The molecule has 2 rings (SSSR count). The number of hydrogen-bond acceptors (Lipinski definition) is 4. The molecule has 0 aliphatic carbocycles. The van der Waals surface area contributed by atoms with Crippen LogP contribution in [0.15, 0.2) is 47.4 Å². The van der Waals surface area contributed by atoms with Crippen LogP contribution in [0, 0.1) is 13.8 Å². The third-order valence-corrected chi connectivity index (χ3v) is 5.65. The Labute approximate surface area is 165 Å². The van der Waals surface area contributed by atoms with Crippen molar-refractivity contribution in [3.8, 4) is 0 Å². The molecule has 0 radical (unpaired) electrons. The topological polar surface area (TPSA) is 104 Å². The number of hydrogen-bond donors (Lipinski definition) is 3. The Hall–Kier alpha value is -2.71. The number of carbonyl (C=O) groups is 2. The normalized spacial score (nSPS) is 11.1. The molecule has 0 spiro atoms. The van der Waals surface area contributed by atoms with E-state index >= 15 is 0 Å². The van der Waals surface area contributed by atoms with Crippen molar-refractivity contribution in [1.82, 2.24) is 10.0 Å². The van der Waals surface area contributed by atoms with E-state index in [4.69, 9.17) is 0 Å². The zero-order valence-electron chi connectivity index (χ0n) is 16.2. The molecule has 0 fully saturated rings. The molecule has 0 heterocycles. The molecular formula is C20H25N3O4S. The molecule has 0 saturated heterocycles. The van der Waals surface area contributed by atoms with Crippen LogP contribution in [-0.4, -0.2) is 33.3 Å². The monoisotopic (exact) mass is 403 g/mol. The van der Waals surface area contributed by atoms with Gasteiger partial charge in [-0.25, -0.2) is 13.1 Å². The second-order valence-electron chi connectivity index (χ2n) is 6.40. The molecule has 8 heteroatoms. The SMILES string of the molecule is CCNC(=O)c1ccc(NC(=O)CCNS(=O)(=O)c2cc(C)ccc2C)cc1. The van der Waals surface area contributed by atoms with E-state index in [1.54, 1.807) is 43.3 Å². The molecule has 0 aliphatic heterocycles. The molecule has 0 aromatic heterocycles. The lowest BCUT2D eigenvalue weighted by Gasteiger charge is -2.10. The Balaban J connectivity index is 1.89. The van der Waals surface area contributed by atoms with Crippen LogP contribution in [0.5, 0.6) is 0 Å². The lowest BCUT2D eigenvalue weighted by atomic mass is 10.2. The van der Waals surface area contributed by atoms with E-state index in [1.807, 2.05) is 19.9 Å². The van der Waals surface area contributed by atoms with Crippen molar-refractivity contribution >= 4 is 27.5 Å². The first-order chi connectivity index (χ1) is 13.2. The first-order valence-electron chi connectivity index (χ1n) is 8.98. The summed E-state index contributed by atoms with van der Waals surface area (Å²) in [7, 11) is -3.68. The van der Waals surface area contributed by atoms with E-state index in [-0.39, 0.29) is 29.7 Å². The maximum Gasteiger partial charge on any atom is 0.251 e. The van der Waals surface area contributed by atoms with Gasteiger partial charge in [-0.2, -0.15) is 0 Å². The molecule has 0 bridgehead atoms. The highest BCUT2D eigenvalue weighted by Gasteiger charge is 2.17. The summed E-state index contributed by atoms with van der Waals surface area (Å²) in [5.74, 6) is -0.504. The summed E-state index contributed by atoms with van der Waals surface area (Å²) in [6, 6.07) is 11.7. The summed E-state index contributed by atoms with van der Waals surface area (Å²) in [5, 5.41) is 5.37. The minimum Gasteiger partial charge on any atom is -0.352 e. The first-order valence-corrected chi connectivity index (χ1v) is 10.5. The molecule has 150 valence electrons. The van der Waals surface area contributed by atoms with Gasteiger partial charge in [0.05, 0.1) is 4.90 Å². The van der Waals surface area contributed by atoms with E-state index in [1.165, 1.54) is 0 Å². The third-order valence-electron chi connectivity index (χ3n) is 4.05. The molecule has 2 aromatic rings. The largest absolute Gasteiger partial charge is 0.352 e. The number of nitrogens with one attached hydrogen (secondary N) is 3. The third kappa shape index (κ3) is 5.90. The van der Waals surface area contributed by atoms with Crippen LogP contribution in [-0.2, 0) is 14.8 Å². The molecule has 28 heavy (non-hydrogen) atoms. The van der Waals surface area contributed by atoms with E-state index in [0.29, 0.717) is 23.4 Å². The van der Waals surface area contributed by atoms with Crippen LogP contribution in [0.25, 0.3) is 0 Å². The highest BCUT2D eigenvalue weighted by Crippen LogP contribution is 2.16. The Morgan fingerprint density at radius 1 is 1.00 bits per heavy atom. The molecule has 2 aromatic carbocycles. The number of anilines is 1. The second-order valence-corrected chi connectivity index (χ2v) is 8.14. The average molecular weight is 404 g/mol. The van der Waals surface area contributed by atoms with Crippen molar-refractivity contribution < 1.29 is 18.0 Å². The molecule has 7 nitrogen and oxygen atoms in total. The van der Waals surface area contributed by atoms with E-state index in [0.717, 1.165) is 5.56 Å². The van der Waals surface area contributed by atoms with Gasteiger partial charge in [0.25, 0.3) is 5.91 Å². The van der Waals surface area contributed by atoms with Crippen molar-refractivity contribution in [2.75, 3.05) is 18.4 Å². The van der Waals surface area contributed by atoms with Crippen LogP contribution in [0.2, 0.25) is 0 Å². The van der Waals surface area contributed by atoms with Crippen molar-refractivity contribution in [3.63, 3.8) is 0 Å². The summed E-state index contributed by atoms with van der Waals surface area (Å²) < 4.78 is 27.3. The maximum absolute atomic E-state index is 12.4. The molecule has 0 aliphatic rings. The van der Waals surface area contributed by atoms with Crippen LogP contribution in [0.1, 0.15) is 34.8 Å². The van der Waals surface area contributed by atoms with Crippen LogP contribution >= 0.6 is 0 Å². The Bertz CT molecular complexity index is 954. The average Bonchev–Trinajstić information content (AvgIpc) is 2.64. The zero-order valence-corrected chi connectivity index (χ0v) is 17.0. The van der Waals surface area contributed by atoms with Crippen molar-refractivity contribution in [2.24, 2.45) is 0 Å². The Morgan fingerprint density at radius 2 is 1.68 bits per heavy atom. The molecular weight excluding hydrogens is 378 g/mol. The van der Waals surface area contributed by atoms with Crippen LogP contribution in [0.3, 0.4) is 0 Å². The zero-order chi connectivity index (χ0) is 20.7. The lowest BCUT2D eigenvalue weighted by Crippen LogP contribution is -2.28. The van der Waals surface area contributed by atoms with Gasteiger partial charge >= 0.3 is 0 Å². The standard InChI is InChI=1S/C20H25N3O4S/c1-4-21-20(25)16-7-9-17(10-8-16)23-19(24)11-12-22-28(26,27)18-13-14(2)5-6-15(18)3/h5-10,13,22H,4,11-12H2,1-3H3,(H,21,25)(H,23,24). The summed E-state index contributed by atoms with van der Waals surface area (Å²) in [6.45, 7) is 5.91. The summed E-state index contributed by atoms with van der Waals surface area (Å²) >= 11 is 0. The molecule has 0 atom stereocenters. The van der Waals surface area contributed by atoms with Gasteiger partial charge in [-0.1, -0.05) is 12.1 Å². The number of rotatable bonds is 8. The fraction of sp³-hybridized carbons (Fsp3) is 0.300. The molecule has 0 unspecified atom stereocenters. The van der Waals surface area contributed by atoms with Crippen LogP contribution < -0.4 is 15.4 Å². The first kappa shape index (κ1) is 21.6. The number of benzene rings is 2. The van der Waals surface area contributed by atoms with E-state index in [2.05, 4.69) is 15.4 Å². The summed E-state index contributed by atoms with van der Waals surface area (Å²) in [6.07, 6.45) is -0.0117. The van der Waals surface area contributed by atoms with Gasteiger partial charge in [0.2, 0.25) is 15.9 Å². The van der Waals surface area contributed by atoms with Gasteiger partial charge in [0.15, 0.2) is 0 Å². The minimum atomic E-state index is -3.68. The number of sulfonamides is 1. The predicted molar refractivity (Wildman–Crippen MR) is 109 cm³/mol. The molecule has 0 saturated carbocycles. The summed E-state index contributed by atoms with van der Waals surface area (Å²) in [5.41, 5.74) is 2.53. The minimum absolute atomic E-state index is 0.0117. The Morgan fingerprint density at radius 3 is 2.32 bits per heavy atom. The number of amides is 2.